The number of nitrogens with two attached hydrogens (primary N) is 2. The number of thioether (sulfide) groups is 1. The third-order valence-electron chi connectivity index (χ3n) is 2.21. The summed E-state index contributed by atoms with van der Waals surface area (Å²) in [7, 11) is 3.63. The predicted octanol–water partition coefficient (Wildman–Crippen LogP) is -0.445. The lowest BCUT2D eigenvalue weighted by molar-refractivity contribution is -0.138. The van der Waals surface area contributed by atoms with Gasteiger partial charge < -0.3 is 21.5 Å². The number of rotatable bonds is 7. The largest absolute Gasteiger partial charge is 0.480 e. The average Bonchev–Trinajstić information content (AvgIpc) is 2.33. The van der Waals surface area contributed by atoms with Crippen LogP contribution in [0.5, 0.6) is 0 Å². The summed E-state index contributed by atoms with van der Waals surface area (Å²) in [4.78, 5) is 24.5. The zero-order chi connectivity index (χ0) is 14.4. The Morgan fingerprint density at radius 3 is 2.68 bits per heavy atom. The van der Waals surface area contributed by atoms with E-state index in [4.69, 9.17) is 16.6 Å². The number of hydrogen-bond donors (Lipinski definition) is 3. The number of carboxylic acids is 1. The fourth-order valence-electron chi connectivity index (χ4n) is 1.19. The Morgan fingerprint density at radius 2 is 2.11 bits per heavy atom. The lowest BCUT2D eigenvalue weighted by atomic mass is 10.2. The molecule has 0 aliphatic heterocycles. The van der Waals surface area contributed by atoms with E-state index < -0.39 is 12.0 Å². The second-order valence-corrected chi connectivity index (χ2v) is 5.20. The maximum atomic E-state index is 10.5. The van der Waals surface area contributed by atoms with Crippen LogP contribution in [-0.4, -0.2) is 51.9 Å². The molecule has 1 atom stereocenters. The molecule has 0 fully saturated rings. The molecule has 19 heavy (non-hydrogen) atoms. The van der Waals surface area contributed by atoms with Crippen LogP contribution < -0.4 is 16.4 Å². The van der Waals surface area contributed by atoms with E-state index in [1.165, 1.54) is 11.8 Å². The Balaban J connectivity index is 2.47. The van der Waals surface area contributed by atoms with Crippen molar-refractivity contribution in [1.82, 2.24) is 15.0 Å². The molecule has 1 heterocycles. The van der Waals surface area contributed by atoms with Crippen LogP contribution in [0.4, 0.5) is 11.9 Å². The van der Waals surface area contributed by atoms with Gasteiger partial charge in [-0.1, -0.05) is 0 Å². The van der Waals surface area contributed by atoms with Crippen LogP contribution in [0.3, 0.4) is 0 Å². The molecule has 0 bridgehead atoms. The summed E-state index contributed by atoms with van der Waals surface area (Å²) in [6.07, 6.45) is 0.404. The summed E-state index contributed by atoms with van der Waals surface area (Å²) in [5.41, 5.74) is 11.0. The smallest absolute Gasteiger partial charge is 0.320 e. The van der Waals surface area contributed by atoms with Crippen LogP contribution in [0.15, 0.2) is 0 Å². The Labute approximate surface area is 115 Å². The van der Waals surface area contributed by atoms with E-state index in [0.717, 1.165) is 0 Å². The zero-order valence-electron chi connectivity index (χ0n) is 10.9. The maximum absolute atomic E-state index is 10.5. The molecule has 1 rings (SSSR count). The highest BCUT2D eigenvalue weighted by atomic mass is 32.2. The predicted molar refractivity (Wildman–Crippen MR) is 75.0 cm³/mol. The van der Waals surface area contributed by atoms with Crippen LogP contribution in [-0.2, 0) is 10.5 Å². The maximum Gasteiger partial charge on any atom is 0.320 e. The summed E-state index contributed by atoms with van der Waals surface area (Å²) in [5.74, 6) is 1.43. The Hall–Kier alpha value is -1.61. The molecule has 0 radical (unpaired) electrons. The molecule has 1 unspecified atom stereocenters. The van der Waals surface area contributed by atoms with Gasteiger partial charge in [-0.15, -0.1) is 0 Å². The van der Waals surface area contributed by atoms with E-state index >= 15 is 0 Å². The summed E-state index contributed by atoms with van der Waals surface area (Å²) in [5, 5.41) is 8.64. The first-order valence-corrected chi connectivity index (χ1v) is 6.79. The van der Waals surface area contributed by atoms with Gasteiger partial charge in [0.05, 0.1) is 5.75 Å². The van der Waals surface area contributed by atoms with Crippen molar-refractivity contribution in [2.45, 2.75) is 18.2 Å². The fourth-order valence-corrected chi connectivity index (χ4v) is 2.06. The molecule has 5 N–H and O–H groups in total. The monoisotopic (exact) mass is 286 g/mol. The second-order valence-electron chi connectivity index (χ2n) is 4.09. The molecule has 106 valence electrons. The highest BCUT2D eigenvalue weighted by Gasteiger charge is 2.11. The van der Waals surface area contributed by atoms with Crippen molar-refractivity contribution in [3.63, 3.8) is 0 Å². The Bertz CT molecular complexity index is 442. The number of aliphatic carboxylic acids is 1. The minimum Gasteiger partial charge on any atom is -0.480 e. The molecule has 0 spiro atoms. The molecule has 0 saturated heterocycles. The fraction of sp³-hybridized carbons (Fsp3) is 0.600. The molecule has 0 aliphatic carbocycles. The quantitative estimate of drug-likeness (QED) is 0.570. The van der Waals surface area contributed by atoms with Crippen molar-refractivity contribution in [3.05, 3.63) is 5.82 Å². The third-order valence-corrected chi connectivity index (χ3v) is 3.20. The standard InChI is InChI=1S/C10H18N6O2S/c1-16(2)10-14-7(13-9(12)15-10)5-19-4-3-6(11)8(17)18/h6H,3-5,11H2,1-2H3,(H,17,18)(H2,12,13,14,15). The van der Waals surface area contributed by atoms with E-state index in [9.17, 15) is 4.79 Å². The lowest BCUT2D eigenvalue weighted by Gasteiger charge is -2.11. The van der Waals surface area contributed by atoms with Gasteiger partial charge in [0, 0.05) is 14.1 Å². The minimum atomic E-state index is -0.986. The van der Waals surface area contributed by atoms with Gasteiger partial charge in [0.25, 0.3) is 0 Å². The topological polar surface area (TPSA) is 131 Å². The summed E-state index contributed by atoms with van der Waals surface area (Å²) >= 11 is 1.51. The second kappa shape index (κ2) is 7.10. The number of anilines is 2. The molecule has 0 amide bonds. The van der Waals surface area contributed by atoms with Gasteiger partial charge in [-0.25, -0.2) is 0 Å². The van der Waals surface area contributed by atoms with Crippen molar-refractivity contribution in [2.24, 2.45) is 5.73 Å². The molecule has 0 aliphatic rings. The molecule has 0 saturated carbocycles. The normalized spacial score (nSPS) is 12.2. The highest BCUT2D eigenvalue weighted by Crippen LogP contribution is 2.13. The van der Waals surface area contributed by atoms with Crippen LogP contribution in [0.2, 0.25) is 0 Å². The van der Waals surface area contributed by atoms with Gasteiger partial charge in [0.2, 0.25) is 11.9 Å². The first kappa shape index (κ1) is 15.4. The summed E-state index contributed by atoms with van der Waals surface area (Å²) in [6.45, 7) is 0. The van der Waals surface area contributed by atoms with E-state index in [2.05, 4.69) is 15.0 Å². The minimum absolute atomic E-state index is 0.177. The number of carbonyl (C=O) groups is 1. The lowest BCUT2D eigenvalue weighted by Crippen LogP contribution is -2.30. The van der Waals surface area contributed by atoms with Crippen molar-refractivity contribution in [2.75, 3.05) is 30.5 Å². The van der Waals surface area contributed by atoms with E-state index in [0.29, 0.717) is 29.7 Å². The van der Waals surface area contributed by atoms with Gasteiger partial charge in [-0.05, 0) is 12.2 Å². The number of aromatic nitrogens is 3. The Morgan fingerprint density at radius 1 is 1.42 bits per heavy atom. The van der Waals surface area contributed by atoms with E-state index in [1.807, 2.05) is 14.1 Å². The zero-order valence-corrected chi connectivity index (χ0v) is 11.7. The van der Waals surface area contributed by atoms with Crippen LogP contribution in [0, 0.1) is 0 Å². The SMILES string of the molecule is CN(C)c1nc(N)nc(CSCCC(N)C(=O)O)n1. The third kappa shape index (κ3) is 5.26. The molecular weight excluding hydrogens is 268 g/mol. The van der Waals surface area contributed by atoms with Gasteiger partial charge in [-0.2, -0.15) is 26.7 Å². The van der Waals surface area contributed by atoms with E-state index in [1.54, 1.807) is 4.90 Å². The number of nitrogen functional groups attached to an aromatic ring is 1. The van der Waals surface area contributed by atoms with Crippen LogP contribution >= 0.6 is 11.8 Å². The van der Waals surface area contributed by atoms with Gasteiger partial charge in [0.1, 0.15) is 11.9 Å². The average molecular weight is 286 g/mol. The number of nitrogens with zero attached hydrogens (tertiary/aromatic N) is 4. The highest BCUT2D eigenvalue weighted by molar-refractivity contribution is 7.98. The molecule has 9 heteroatoms. The molecule has 1 aromatic heterocycles. The van der Waals surface area contributed by atoms with Crippen LogP contribution in [0.1, 0.15) is 12.2 Å². The summed E-state index contributed by atoms with van der Waals surface area (Å²) in [6, 6.07) is -0.826. The Kier molecular flexibility index (Phi) is 5.77. The van der Waals surface area contributed by atoms with Gasteiger partial charge in [-0.3, -0.25) is 4.79 Å². The van der Waals surface area contributed by atoms with Crippen molar-refractivity contribution in [3.8, 4) is 0 Å². The van der Waals surface area contributed by atoms with Crippen LogP contribution in [0.25, 0.3) is 0 Å². The molecular formula is C10H18N6O2S. The number of hydrogen-bond acceptors (Lipinski definition) is 8. The van der Waals surface area contributed by atoms with E-state index in [-0.39, 0.29) is 5.95 Å². The van der Waals surface area contributed by atoms with Crippen molar-refractivity contribution < 1.29 is 9.90 Å². The van der Waals surface area contributed by atoms with Gasteiger partial charge in [0.15, 0.2) is 0 Å². The first-order chi connectivity index (χ1) is 8.90. The number of carboxylic acid groups (broad SMARTS) is 1. The van der Waals surface area contributed by atoms with Gasteiger partial charge >= 0.3 is 5.97 Å². The van der Waals surface area contributed by atoms with Crippen molar-refractivity contribution >= 4 is 29.6 Å². The molecule has 0 aromatic carbocycles. The van der Waals surface area contributed by atoms with Crippen molar-refractivity contribution in [1.29, 1.82) is 0 Å². The first-order valence-electron chi connectivity index (χ1n) is 5.64. The molecule has 8 nitrogen and oxygen atoms in total. The molecule has 1 aromatic rings. The summed E-state index contributed by atoms with van der Waals surface area (Å²) < 4.78 is 0.